The molecule has 6 nitrogen and oxygen atoms in total. The molecular formula is C21H21FN4O2. The van der Waals surface area contributed by atoms with Crippen molar-refractivity contribution >= 4 is 23.2 Å². The van der Waals surface area contributed by atoms with Crippen LogP contribution in [0.5, 0.6) is 5.75 Å². The molecule has 1 aromatic heterocycles. The van der Waals surface area contributed by atoms with Crippen molar-refractivity contribution in [1.82, 2.24) is 10.2 Å². The molecule has 0 aliphatic heterocycles. The fourth-order valence-electron chi connectivity index (χ4n) is 2.52. The molecule has 0 unspecified atom stereocenters. The number of aromatic nitrogens is 2. The Morgan fingerprint density at radius 1 is 1.04 bits per heavy atom. The minimum absolute atomic E-state index is 0.0598. The predicted molar refractivity (Wildman–Crippen MR) is 106 cm³/mol. The van der Waals surface area contributed by atoms with Crippen molar-refractivity contribution in [2.24, 2.45) is 0 Å². The highest BCUT2D eigenvalue weighted by Gasteiger charge is 2.07. The summed E-state index contributed by atoms with van der Waals surface area (Å²) in [4.78, 5) is 12.0. The van der Waals surface area contributed by atoms with Gasteiger partial charge in [0.25, 0.3) is 0 Å². The first-order valence-corrected chi connectivity index (χ1v) is 8.90. The summed E-state index contributed by atoms with van der Waals surface area (Å²) in [6.45, 7) is 3.94. The summed E-state index contributed by atoms with van der Waals surface area (Å²) >= 11 is 0. The van der Waals surface area contributed by atoms with Crippen LogP contribution in [0.4, 0.5) is 21.7 Å². The normalized spacial score (nSPS) is 10.6. The average molecular weight is 380 g/mol. The number of nitrogens with zero attached hydrogens (tertiary/aromatic N) is 2. The molecule has 144 valence electrons. The van der Waals surface area contributed by atoms with Gasteiger partial charge in [0, 0.05) is 5.69 Å². The molecular weight excluding hydrogens is 359 g/mol. The molecule has 28 heavy (non-hydrogen) atoms. The minimum Gasteiger partial charge on any atom is -0.491 e. The number of carbonyl (C=O) groups is 1. The smallest absolute Gasteiger partial charge is 0.229 e. The van der Waals surface area contributed by atoms with Gasteiger partial charge < -0.3 is 15.4 Å². The molecule has 1 amide bonds. The number of anilines is 3. The Kier molecular flexibility index (Phi) is 6.16. The van der Waals surface area contributed by atoms with Crippen LogP contribution in [0.2, 0.25) is 0 Å². The van der Waals surface area contributed by atoms with Crippen LogP contribution in [0.25, 0.3) is 0 Å². The Balaban J connectivity index is 1.55. The van der Waals surface area contributed by atoms with E-state index >= 15 is 0 Å². The summed E-state index contributed by atoms with van der Waals surface area (Å²) in [5.74, 6) is 1.00. The fraction of sp³-hybridized carbons (Fsp3) is 0.190. The first kappa shape index (κ1) is 19.3. The van der Waals surface area contributed by atoms with E-state index in [4.69, 9.17) is 4.74 Å². The molecule has 0 aliphatic carbocycles. The Bertz CT molecular complexity index is 928. The van der Waals surface area contributed by atoms with Crippen LogP contribution in [0.15, 0.2) is 60.7 Å². The van der Waals surface area contributed by atoms with Crippen LogP contribution in [-0.4, -0.2) is 22.2 Å². The SMILES string of the molecule is CC(C)Oc1ccc(Nc2ccc(NC(=O)Cc3cccc(F)c3)nn2)cc1. The van der Waals surface area contributed by atoms with Crippen molar-refractivity contribution in [2.45, 2.75) is 26.4 Å². The molecule has 7 heteroatoms. The van der Waals surface area contributed by atoms with Gasteiger partial charge in [0.05, 0.1) is 12.5 Å². The number of rotatable bonds is 7. The average Bonchev–Trinajstić information content (AvgIpc) is 2.64. The first-order valence-electron chi connectivity index (χ1n) is 8.90. The van der Waals surface area contributed by atoms with E-state index in [1.165, 1.54) is 12.1 Å². The lowest BCUT2D eigenvalue weighted by Gasteiger charge is -2.11. The minimum atomic E-state index is -0.371. The molecule has 0 fully saturated rings. The van der Waals surface area contributed by atoms with Crippen molar-refractivity contribution < 1.29 is 13.9 Å². The van der Waals surface area contributed by atoms with Gasteiger partial charge in [-0.1, -0.05) is 12.1 Å². The molecule has 0 saturated carbocycles. The standard InChI is InChI=1S/C21H21FN4O2/c1-14(2)28-18-8-6-17(7-9-18)23-19-10-11-20(26-25-19)24-21(27)13-15-4-3-5-16(22)12-15/h3-12,14H,13H2,1-2H3,(H,23,25)(H,24,26,27). The maximum Gasteiger partial charge on any atom is 0.229 e. The van der Waals surface area contributed by atoms with Crippen molar-refractivity contribution in [1.29, 1.82) is 0 Å². The van der Waals surface area contributed by atoms with Crippen LogP contribution < -0.4 is 15.4 Å². The highest BCUT2D eigenvalue weighted by Crippen LogP contribution is 2.20. The van der Waals surface area contributed by atoms with Gasteiger partial charge in [0.2, 0.25) is 5.91 Å². The predicted octanol–water partition coefficient (Wildman–Crippen LogP) is 4.33. The summed E-state index contributed by atoms with van der Waals surface area (Å²) in [7, 11) is 0. The van der Waals surface area contributed by atoms with Crippen LogP contribution in [0.1, 0.15) is 19.4 Å². The number of carbonyl (C=O) groups excluding carboxylic acids is 1. The molecule has 0 radical (unpaired) electrons. The van der Waals surface area contributed by atoms with Crippen molar-refractivity contribution in [2.75, 3.05) is 10.6 Å². The van der Waals surface area contributed by atoms with E-state index in [9.17, 15) is 9.18 Å². The molecule has 0 atom stereocenters. The number of halogens is 1. The zero-order valence-corrected chi connectivity index (χ0v) is 15.6. The number of ether oxygens (including phenoxy) is 1. The maximum atomic E-state index is 13.2. The molecule has 3 rings (SSSR count). The fourth-order valence-corrected chi connectivity index (χ4v) is 2.52. The van der Waals surface area contributed by atoms with E-state index in [0.717, 1.165) is 11.4 Å². The third-order valence-corrected chi connectivity index (χ3v) is 3.68. The Morgan fingerprint density at radius 3 is 2.39 bits per heavy atom. The van der Waals surface area contributed by atoms with E-state index in [2.05, 4.69) is 20.8 Å². The summed E-state index contributed by atoms with van der Waals surface area (Å²) in [6.07, 6.45) is 0.179. The van der Waals surface area contributed by atoms with E-state index in [1.807, 2.05) is 38.1 Å². The third kappa shape index (κ3) is 5.77. The summed E-state index contributed by atoms with van der Waals surface area (Å²) in [5, 5.41) is 13.8. The van der Waals surface area contributed by atoms with Gasteiger partial charge in [-0.2, -0.15) is 0 Å². The lowest BCUT2D eigenvalue weighted by atomic mass is 10.1. The second-order valence-electron chi connectivity index (χ2n) is 6.47. The molecule has 0 bridgehead atoms. The molecule has 3 aromatic rings. The van der Waals surface area contributed by atoms with Gasteiger partial charge in [0.1, 0.15) is 11.6 Å². The largest absolute Gasteiger partial charge is 0.491 e. The number of benzene rings is 2. The molecule has 0 aliphatic rings. The Morgan fingerprint density at radius 2 is 1.75 bits per heavy atom. The van der Waals surface area contributed by atoms with Crippen molar-refractivity contribution in [3.63, 3.8) is 0 Å². The van der Waals surface area contributed by atoms with Gasteiger partial charge in [0.15, 0.2) is 11.6 Å². The molecule has 2 aromatic carbocycles. The van der Waals surface area contributed by atoms with Gasteiger partial charge >= 0.3 is 0 Å². The lowest BCUT2D eigenvalue weighted by Crippen LogP contribution is -2.15. The second-order valence-corrected chi connectivity index (χ2v) is 6.47. The summed E-state index contributed by atoms with van der Waals surface area (Å²) in [5.41, 5.74) is 1.43. The lowest BCUT2D eigenvalue weighted by molar-refractivity contribution is -0.115. The molecule has 0 saturated heterocycles. The van der Waals surface area contributed by atoms with E-state index in [0.29, 0.717) is 17.2 Å². The van der Waals surface area contributed by atoms with Gasteiger partial charge in [-0.15, -0.1) is 10.2 Å². The second kappa shape index (κ2) is 8.94. The van der Waals surface area contributed by atoms with Crippen molar-refractivity contribution in [3.8, 4) is 5.75 Å². The van der Waals surface area contributed by atoms with Crippen LogP contribution >= 0.6 is 0 Å². The van der Waals surface area contributed by atoms with E-state index < -0.39 is 0 Å². The summed E-state index contributed by atoms with van der Waals surface area (Å²) in [6, 6.07) is 16.8. The summed E-state index contributed by atoms with van der Waals surface area (Å²) < 4.78 is 18.8. The van der Waals surface area contributed by atoms with Gasteiger partial charge in [-0.05, 0) is 67.9 Å². The quantitative estimate of drug-likeness (QED) is 0.638. The number of hydrogen-bond acceptors (Lipinski definition) is 5. The highest BCUT2D eigenvalue weighted by atomic mass is 19.1. The number of hydrogen-bond donors (Lipinski definition) is 2. The molecule has 0 spiro atoms. The zero-order valence-electron chi connectivity index (χ0n) is 15.6. The van der Waals surface area contributed by atoms with E-state index in [-0.39, 0.29) is 24.2 Å². The Hall–Kier alpha value is -3.48. The number of amides is 1. The highest BCUT2D eigenvalue weighted by molar-refractivity contribution is 5.91. The Labute approximate surface area is 162 Å². The number of nitrogens with one attached hydrogen (secondary N) is 2. The first-order chi connectivity index (χ1) is 13.5. The van der Waals surface area contributed by atoms with Crippen LogP contribution in [-0.2, 0) is 11.2 Å². The van der Waals surface area contributed by atoms with Gasteiger partial charge in [-0.25, -0.2) is 4.39 Å². The van der Waals surface area contributed by atoms with E-state index in [1.54, 1.807) is 24.3 Å². The third-order valence-electron chi connectivity index (χ3n) is 3.68. The molecule has 2 N–H and O–H groups in total. The van der Waals surface area contributed by atoms with Gasteiger partial charge in [-0.3, -0.25) is 4.79 Å². The van der Waals surface area contributed by atoms with Crippen molar-refractivity contribution in [3.05, 3.63) is 72.0 Å². The zero-order chi connectivity index (χ0) is 19.9. The monoisotopic (exact) mass is 380 g/mol. The molecule has 1 heterocycles. The van der Waals surface area contributed by atoms with Crippen LogP contribution in [0, 0.1) is 5.82 Å². The maximum absolute atomic E-state index is 13.2. The topological polar surface area (TPSA) is 76.1 Å². The van der Waals surface area contributed by atoms with Crippen LogP contribution in [0.3, 0.4) is 0 Å².